The molecule has 10 heteroatoms. The zero-order valence-corrected chi connectivity index (χ0v) is 20.6. The number of hydrogen-bond donors (Lipinski definition) is 0. The number of benzene rings is 1. The molecule has 2 amide bonds. The lowest BCUT2D eigenvalue weighted by Crippen LogP contribution is -2.49. The van der Waals surface area contributed by atoms with Gasteiger partial charge in [-0.1, -0.05) is 0 Å². The number of alkyl halides is 3. The van der Waals surface area contributed by atoms with Crippen molar-refractivity contribution in [1.82, 2.24) is 14.7 Å². The van der Waals surface area contributed by atoms with Gasteiger partial charge in [0.1, 0.15) is 12.4 Å². The lowest BCUT2D eigenvalue weighted by atomic mass is 9.97. The van der Waals surface area contributed by atoms with E-state index in [2.05, 4.69) is 23.5 Å². The van der Waals surface area contributed by atoms with Crippen LogP contribution in [0.15, 0.2) is 24.3 Å². The van der Waals surface area contributed by atoms with Gasteiger partial charge in [0.15, 0.2) is 6.61 Å². The van der Waals surface area contributed by atoms with Crippen LogP contribution in [0.3, 0.4) is 0 Å². The molecular formula is C25H36F3N3O4. The van der Waals surface area contributed by atoms with Gasteiger partial charge < -0.3 is 19.3 Å². The number of ether oxygens (including phenoxy) is 2. The molecule has 0 aliphatic carbocycles. The van der Waals surface area contributed by atoms with Crippen molar-refractivity contribution in [3.63, 3.8) is 0 Å². The second-order valence-corrected chi connectivity index (χ2v) is 9.40. The number of nitrogens with zero attached hydrogens (tertiary/aromatic N) is 3. The van der Waals surface area contributed by atoms with Crippen LogP contribution in [0.1, 0.15) is 49.9 Å². The van der Waals surface area contributed by atoms with Crippen LogP contribution in [-0.4, -0.2) is 97.3 Å². The maximum Gasteiger partial charge on any atom is 0.411 e. The summed E-state index contributed by atoms with van der Waals surface area (Å²) >= 11 is 0. The summed E-state index contributed by atoms with van der Waals surface area (Å²) in [7, 11) is 0. The van der Waals surface area contributed by atoms with Gasteiger partial charge in [-0.25, -0.2) is 0 Å². The van der Waals surface area contributed by atoms with Crippen molar-refractivity contribution in [3.05, 3.63) is 29.8 Å². The minimum Gasteiger partial charge on any atom is -0.484 e. The van der Waals surface area contributed by atoms with Crippen LogP contribution >= 0.6 is 0 Å². The van der Waals surface area contributed by atoms with E-state index < -0.39 is 12.8 Å². The molecule has 2 unspecified atom stereocenters. The molecule has 1 aromatic rings. The minimum absolute atomic E-state index is 0.0189. The summed E-state index contributed by atoms with van der Waals surface area (Å²) in [5.41, 5.74) is 0.552. The summed E-state index contributed by atoms with van der Waals surface area (Å²) in [6, 6.07) is 7.27. The fourth-order valence-electron chi connectivity index (χ4n) is 4.76. The van der Waals surface area contributed by atoms with Gasteiger partial charge in [-0.15, -0.1) is 0 Å². The monoisotopic (exact) mass is 499 g/mol. The highest BCUT2D eigenvalue weighted by atomic mass is 19.4. The number of piperidine rings is 1. The summed E-state index contributed by atoms with van der Waals surface area (Å²) in [6.45, 7) is 6.05. The number of amides is 2. The fourth-order valence-corrected chi connectivity index (χ4v) is 4.76. The molecule has 2 aliphatic rings. The molecule has 35 heavy (non-hydrogen) atoms. The van der Waals surface area contributed by atoms with Crippen molar-refractivity contribution in [3.8, 4) is 5.75 Å². The first-order valence-electron chi connectivity index (χ1n) is 12.3. The van der Waals surface area contributed by atoms with E-state index in [0.717, 1.165) is 19.3 Å². The number of piperazine rings is 1. The van der Waals surface area contributed by atoms with Crippen molar-refractivity contribution in [2.24, 2.45) is 0 Å². The Hall–Kier alpha value is -2.33. The predicted molar refractivity (Wildman–Crippen MR) is 125 cm³/mol. The largest absolute Gasteiger partial charge is 0.484 e. The third-order valence-electron chi connectivity index (χ3n) is 6.63. The summed E-state index contributed by atoms with van der Waals surface area (Å²) in [5.74, 6) is 0.455. The Bertz CT molecular complexity index is 816. The maximum absolute atomic E-state index is 12.8. The Morgan fingerprint density at radius 2 is 1.63 bits per heavy atom. The number of carbonyl (C=O) groups is 2. The van der Waals surface area contributed by atoms with Gasteiger partial charge in [0, 0.05) is 57.0 Å². The zero-order valence-electron chi connectivity index (χ0n) is 20.6. The average Bonchev–Trinajstić information content (AvgIpc) is 2.82. The summed E-state index contributed by atoms with van der Waals surface area (Å²) in [4.78, 5) is 31.3. The Morgan fingerprint density at radius 3 is 2.23 bits per heavy atom. The van der Waals surface area contributed by atoms with Crippen LogP contribution in [0, 0.1) is 0 Å². The van der Waals surface area contributed by atoms with Crippen LogP contribution in [0.5, 0.6) is 5.75 Å². The van der Waals surface area contributed by atoms with Crippen LogP contribution in [0.25, 0.3) is 0 Å². The summed E-state index contributed by atoms with van der Waals surface area (Å²) in [6.07, 6.45) is -0.616. The highest BCUT2D eigenvalue weighted by Crippen LogP contribution is 2.23. The predicted octanol–water partition coefficient (Wildman–Crippen LogP) is 3.58. The van der Waals surface area contributed by atoms with Crippen molar-refractivity contribution < 1.29 is 32.2 Å². The number of rotatable bonds is 9. The molecule has 0 bridgehead atoms. The molecule has 0 spiro atoms. The number of hydrogen-bond acceptors (Lipinski definition) is 5. The Kier molecular flexibility index (Phi) is 9.80. The number of carbonyl (C=O) groups excluding carboxylic acids is 2. The minimum atomic E-state index is -4.29. The standard InChI is InChI=1S/C25H36F3N3O4/c1-19-5-3-6-20(2)31(19)23(32)17-35-22-9-7-21(8-10-22)24(33)30-14-12-29(13-15-30)11-4-16-34-18-25(26,27)28/h7-10,19-20H,3-6,11-18H2,1-2H3. The number of likely N-dealkylation sites (tertiary alicyclic amines) is 1. The van der Waals surface area contributed by atoms with E-state index in [1.165, 1.54) is 0 Å². The first-order chi connectivity index (χ1) is 16.6. The maximum atomic E-state index is 12.8. The molecule has 2 atom stereocenters. The third kappa shape index (κ3) is 8.38. The first-order valence-corrected chi connectivity index (χ1v) is 12.3. The van der Waals surface area contributed by atoms with E-state index in [-0.39, 0.29) is 37.1 Å². The van der Waals surface area contributed by atoms with Crippen molar-refractivity contribution in [2.75, 3.05) is 52.5 Å². The number of halogens is 3. The molecule has 7 nitrogen and oxygen atoms in total. The Labute approximate surface area is 205 Å². The van der Waals surface area contributed by atoms with E-state index in [1.807, 2.05) is 4.90 Å². The highest BCUT2D eigenvalue weighted by molar-refractivity contribution is 5.94. The molecule has 0 aromatic heterocycles. The van der Waals surface area contributed by atoms with Gasteiger partial charge in [-0.2, -0.15) is 13.2 Å². The summed E-state index contributed by atoms with van der Waals surface area (Å²) < 4.78 is 46.6. The molecule has 2 saturated heterocycles. The van der Waals surface area contributed by atoms with Crippen molar-refractivity contribution in [2.45, 2.75) is 57.8 Å². The molecule has 0 saturated carbocycles. The van der Waals surface area contributed by atoms with Crippen LogP contribution in [0.4, 0.5) is 13.2 Å². The fraction of sp³-hybridized carbons (Fsp3) is 0.680. The van der Waals surface area contributed by atoms with Gasteiger partial charge in [0.25, 0.3) is 11.8 Å². The molecule has 0 N–H and O–H groups in total. The Morgan fingerprint density at radius 1 is 1.00 bits per heavy atom. The molecule has 0 radical (unpaired) electrons. The van der Waals surface area contributed by atoms with E-state index in [1.54, 1.807) is 29.2 Å². The smallest absolute Gasteiger partial charge is 0.411 e. The van der Waals surface area contributed by atoms with Crippen molar-refractivity contribution in [1.29, 1.82) is 0 Å². The van der Waals surface area contributed by atoms with Gasteiger partial charge in [0.05, 0.1) is 0 Å². The molecule has 196 valence electrons. The lowest BCUT2D eigenvalue weighted by Gasteiger charge is -2.39. The average molecular weight is 500 g/mol. The zero-order chi connectivity index (χ0) is 25.4. The van der Waals surface area contributed by atoms with Gasteiger partial charge in [-0.05, 0) is 63.8 Å². The van der Waals surface area contributed by atoms with E-state index in [4.69, 9.17) is 4.74 Å². The van der Waals surface area contributed by atoms with Crippen LogP contribution in [0.2, 0.25) is 0 Å². The third-order valence-corrected chi connectivity index (χ3v) is 6.63. The lowest BCUT2D eigenvalue weighted by molar-refractivity contribution is -0.174. The Balaban J connectivity index is 1.38. The van der Waals surface area contributed by atoms with Gasteiger partial charge in [-0.3, -0.25) is 14.5 Å². The van der Waals surface area contributed by atoms with Gasteiger partial charge in [0.2, 0.25) is 0 Å². The van der Waals surface area contributed by atoms with E-state index in [0.29, 0.717) is 50.5 Å². The van der Waals surface area contributed by atoms with Gasteiger partial charge >= 0.3 is 6.18 Å². The van der Waals surface area contributed by atoms with Crippen molar-refractivity contribution >= 4 is 11.8 Å². The normalized spacial score (nSPS) is 21.7. The van der Waals surface area contributed by atoms with Crippen LogP contribution < -0.4 is 4.74 Å². The van der Waals surface area contributed by atoms with Crippen LogP contribution in [-0.2, 0) is 9.53 Å². The molecule has 2 aliphatic heterocycles. The molecular weight excluding hydrogens is 463 g/mol. The topological polar surface area (TPSA) is 62.3 Å². The second-order valence-electron chi connectivity index (χ2n) is 9.40. The second kappa shape index (κ2) is 12.6. The molecule has 3 rings (SSSR count). The van der Waals surface area contributed by atoms with E-state index in [9.17, 15) is 22.8 Å². The van der Waals surface area contributed by atoms with E-state index >= 15 is 0 Å². The SMILES string of the molecule is CC1CCCC(C)N1C(=O)COc1ccc(C(=O)N2CCN(CCCOCC(F)(F)F)CC2)cc1. The quantitative estimate of drug-likeness (QED) is 0.486. The molecule has 1 aromatic carbocycles. The molecule has 2 heterocycles. The first kappa shape index (κ1) is 27.3. The molecule has 2 fully saturated rings. The summed E-state index contributed by atoms with van der Waals surface area (Å²) in [5, 5.41) is 0. The highest BCUT2D eigenvalue weighted by Gasteiger charge is 2.29.